The Bertz CT molecular complexity index is 739. The van der Waals surface area contributed by atoms with Crippen molar-refractivity contribution in [2.45, 2.75) is 13.8 Å². The SMILES string of the molecule is Cc1ccc(-c2cc(N)n(-c3cccc(C)c3)n2)cc1. The largest absolute Gasteiger partial charge is 0.384 e. The molecule has 2 aromatic carbocycles. The fraction of sp³-hybridized carbons (Fsp3) is 0.118. The molecule has 0 bridgehead atoms. The number of anilines is 1. The van der Waals surface area contributed by atoms with E-state index in [0.717, 1.165) is 16.9 Å². The summed E-state index contributed by atoms with van der Waals surface area (Å²) in [4.78, 5) is 0. The lowest BCUT2D eigenvalue weighted by molar-refractivity contribution is 0.894. The summed E-state index contributed by atoms with van der Waals surface area (Å²) in [5.41, 5.74) is 11.5. The molecular weight excluding hydrogens is 246 g/mol. The van der Waals surface area contributed by atoms with Gasteiger partial charge in [0.1, 0.15) is 5.82 Å². The van der Waals surface area contributed by atoms with Gasteiger partial charge < -0.3 is 5.73 Å². The Morgan fingerprint density at radius 2 is 1.65 bits per heavy atom. The zero-order valence-corrected chi connectivity index (χ0v) is 11.7. The van der Waals surface area contributed by atoms with Gasteiger partial charge >= 0.3 is 0 Å². The van der Waals surface area contributed by atoms with Gasteiger partial charge in [0.15, 0.2) is 0 Å². The zero-order valence-electron chi connectivity index (χ0n) is 11.7. The molecule has 3 heteroatoms. The molecule has 20 heavy (non-hydrogen) atoms. The number of nitrogens with two attached hydrogens (primary N) is 1. The number of benzene rings is 2. The van der Waals surface area contributed by atoms with Crippen LogP contribution in [0.3, 0.4) is 0 Å². The minimum atomic E-state index is 0.645. The monoisotopic (exact) mass is 263 g/mol. The Morgan fingerprint density at radius 1 is 0.900 bits per heavy atom. The third-order valence-corrected chi connectivity index (χ3v) is 3.33. The van der Waals surface area contributed by atoms with Crippen LogP contribution in [-0.4, -0.2) is 9.78 Å². The van der Waals surface area contributed by atoms with E-state index in [1.807, 2.05) is 18.2 Å². The molecule has 0 spiro atoms. The van der Waals surface area contributed by atoms with Gasteiger partial charge in [-0.1, -0.05) is 42.0 Å². The van der Waals surface area contributed by atoms with Gasteiger partial charge in [-0.2, -0.15) is 5.10 Å². The van der Waals surface area contributed by atoms with Gasteiger partial charge in [0.05, 0.1) is 11.4 Å². The lowest BCUT2D eigenvalue weighted by Crippen LogP contribution is -2.01. The molecule has 0 saturated carbocycles. The van der Waals surface area contributed by atoms with E-state index in [4.69, 9.17) is 5.73 Å². The summed E-state index contributed by atoms with van der Waals surface area (Å²) in [6, 6.07) is 18.4. The van der Waals surface area contributed by atoms with Gasteiger partial charge in [-0.05, 0) is 31.5 Å². The third-order valence-electron chi connectivity index (χ3n) is 3.33. The lowest BCUT2D eigenvalue weighted by Gasteiger charge is -2.04. The van der Waals surface area contributed by atoms with Crippen LogP contribution in [0.1, 0.15) is 11.1 Å². The van der Waals surface area contributed by atoms with E-state index in [9.17, 15) is 0 Å². The number of nitrogen functional groups attached to an aromatic ring is 1. The van der Waals surface area contributed by atoms with Gasteiger partial charge in [0.25, 0.3) is 0 Å². The second kappa shape index (κ2) is 4.85. The molecule has 0 amide bonds. The highest BCUT2D eigenvalue weighted by molar-refractivity contribution is 5.64. The predicted octanol–water partition coefficient (Wildman–Crippen LogP) is 3.74. The number of hydrogen-bond acceptors (Lipinski definition) is 2. The van der Waals surface area contributed by atoms with E-state index in [1.54, 1.807) is 4.68 Å². The molecule has 0 aliphatic carbocycles. The number of nitrogens with zero attached hydrogens (tertiary/aromatic N) is 2. The normalized spacial score (nSPS) is 10.7. The van der Waals surface area contributed by atoms with E-state index in [0.29, 0.717) is 5.82 Å². The van der Waals surface area contributed by atoms with Crippen molar-refractivity contribution in [3.63, 3.8) is 0 Å². The molecule has 1 aromatic heterocycles. The fourth-order valence-corrected chi connectivity index (χ4v) is 2.23. The van der Waals surface area contributed by atoms with Crippen LogP contribution in [0.2, 0.25) is 0 Å². The first kappa shape index (κ1) is 12.5. The molecule has 0 aliphatic heterocycles. The Kier molecular flexibility index (Phi) is 3.03. The van der Waals surface area contributed by atoms with Gasteiger partial charge in [0, 0.05) is 11.6 Å². The van der Waals surface area contributed by atoms with E-state index < -0.39 is 0 Å². The summed E-state index contributed by atoms with van der Waals surface area (Å²) >= 11 is 0. The number of rotatable bonds is 2. The Balaban J connectivity index is 2.05. The number of hydrogen-bond donors (Lipinski definition) is 1. The highest BCUT2D eigenvalue weighted by Crippen LogP contribution is 2.23. The highest BCUT2D eigenvalue weighted by atomic mass is 15.3. The summed E-state index contributed by atoms with van der Waals surface area (Å²) in [5.74, 6) is 0.645. The molecular formula is C17H17N3. The smallest absolute Gasteiger partial charge is 0.127 e. The van der Waals surface area contributed by atoms with E-state index >= 15 is 0 Å². The van der Waals surface area contributed by atoms with Gasteiger partial charge in [-0.3, -0.25) is 0 Å². The molecule has 0 atom stereocenters. The number of aryl methyl sites for hydroxylation is 2. The molecule has 0 fully saturated rings. The summed E-state index contributed by atoms with van der Waals surface area (Å²) in [5, 5.41) is 4.61. The predicted molar refractivity (Wildman–Crippen MR) is 82.9 cm³/mol. The van der Waals surface area contributed by atoms with Gasteiger partial charge in [0.2, 0.25) is 0 Å². The van der Waals surface area contributed by atoms with E-state index in [2.05, 4.69) is 55.3 Å². The molecule has 0 unspecified atom stereocenters. The average molecular weight is 263 g/mol. The Hall–Kier alpha value is -2.55. The number of aromatic nitrogens is 2. The standard InChI is InChI=1S/C17H17N3/c1-12-6-8-14(9-7-12)16-11-17(18)20(19-16)15-5-3-4-13(2)10-15/h3-11H,18H2,1-2H3. The van der Waals surface area contributed by atoms with E-state index in [1.165, 1.54) is 11.1 Å². The first-order valence-electron chi connectivity index (χ1n) is 6.63. The van der Waals surface area contributed by atoms with Crippen LogP contribution in [0.15, 0.2) is 54.6 Å². The molecule has 0 saturated heterocycles. The van der Waals surface area contributed by atoms with Gasteiger partial charge in [-0.15, -0.1) is 0 Å². The van der Waals surface area contributed by atoms with Crippen molar-refractivity contribution < 1.29 is 0 Å². The van der Waals surface area contributed by atoms with Crippen molar-refractivity contribution in [3.05, 3.63) is 65.7 Å². The molecule has 3 rings (SSSR count). The maximum atomic E-state index is 6.09. The van der Waals surface area contributed by atoms with Crippen LogP contribution in [0.25, 0.3) is 16.9 Å². The maximum Gasteiger partial charge on any atom is 0.127 e. The first-order valence-corrected chi connectivity index (χ1v) is 6.63. The van der Waals surface area contributed by atoms with Crippen LogP contribution >= 0.6 is 0 Å². The molecule has 0 radical (unpaired) electrons. The van der Waals surface area contributed by atoms with Crippen molar-refractivity contribution in [2.75, 3.05) is 5.73 Å². The lowest BCUT2D eigenvalue weighted by atomic mass is 10.1. The second-order valence-corrected chi connectivity index (χ2v) is 5.07. The summed E-state index contributed by atoms with van der Waals surface area (Å²) in [7, 11) is 0. The van der Waals surface area contributed by atoms with Crippen LogP contribution in [-0.2, 0) is 0 Å². The molecule has 100 valence electrons. The van der Waals surface area contributed by atoms with Crippen LogP contribution in [0.5, 0.6) is 0 Å². The van der Waals surface area contributed by atoms with Crippen LogP contribution < -0.4 is 5.73 Å². The average Bonchev–Trinajstić information content (AvgIpc) is 2.82. The third kappa shape index (κ3) is 2.30. The first-order chi connectivity index (χ1) is 9.63. The topological polar surface area (TPSA) is 43.8 Å². The van der Waals surface area contributed by atoms with Crippen LogP contribution in [0, 0.1) is 13.8 Å². The minimum absolute atomic E-state index is 0.645. The molecule has 3 aromatic rings. The Morgan fingerprint density at radius 3 is 2.35 bits per heavy atom. The van der Waals surface area contributed by atoms with Crippen molar-refractivity contribution in [2.24, 2.45) is 0 Å². The summed E-state index contributed by atoms with van der Waals surface area (Å²) in [6.07, 6.45) is 0. The molecule has 0 aliphatic rings. The highest BCUT2D eigenvalue weighted by Gasteiger charge is 2.08. The van der Waals surface area contributed by atoms with Crippen molar-refractivity contribution in [1.82, 2.24) is 9.78 Å². The van der Waals surface area contributed by atoms with Crippen molar-refractivity contribution in [1.29, 1.82) is 0 Å². The van der Waals surface area contributed by atoms with Crippen LogP contribution in [0.4, 0.5) is 5.82 Å². The fourth-order valence-electron chi connectivity index (χ4n) is 2.23. The quantitative estimate of drug-likeness (QED) is 0.765. The summed E-state index contributed by atoms with van der Waals surface area (Å²) in [6.45, 7) is 4.13. The molecule has 1 heterocycles. The Labute approximate surface area is 118 Å². The van der Waals surface area contributed by atoms with Crippen molar-refractivity contribution >= 4 is 5.82 Å². The second-order valence-electron chi connectivity index (χ2n) is 5.07. The minimum Gasteiger partial charge on any atom is -0.384 e. The molecule has 3 nitrogen and oxygen atoms in total. The maximum absolute atomic E-state index is 6.09. The van der Waals surface area contributed by atoms with Gasteiger partial charge in [-0.25, -0.2) is 4.68 Å². The van der Waals surface area contributed by atoms with E-state index in [-0.39, 0.29) is 0 Å². The summed E-state index contributed by atoms with van der Waals surface area (Å²) < 4.78 is 1.78. The zero-order chi connectivity index (χ0) is 14.1. The van der Waals surface area contributed by atoms with Crippen molar-refractivity contribution in [3.8, 4) is 16.9 Å². The molecule has 2 N–H and O–H groups in total.